The standard InChI is InChI=1S/C30H50O7/c1-8-20-24-15-19(36-16-33-5)11-13-30(24,4)23-12-14-29(3)21(18(2)26(31)28(32)35-7)9-10-22(29)25(23)27(20)37-17-34-6/h18-25,27H,8-17H2,1-7H3/t18-,19+,20+,21+,22-,23-,24-,25-,27+,29+,30+/m0/s1. The van der Waals surface area contributed by atoms with E-state index in [0.29, 0.717) is 43.2 Å². The number of hydrogen-bond donors (Lipinski definition) is 0. The highest BCUT2D eigenvalue weighted by atomic mass is 16.7. The van der Waals surface area contributed by atoms with Crippen LogP contribution in [-0.2, 0) is 33.3 Å². The summed E-state index contributed by atoms with van der Waals surface area (Å²) in [6, 6.07) is 0. The van der Waals surface area contributed by atoms with Gasteiger partial charge < -0.3 is 23.7 Å². The van der Waals surface area contributed by atoms with E-state index in [9.17, 15) is 9.59 Å². The molecule has 0 heterocycles. The van der Waals surface area contributed by atoms with Crippen molar-refractivity contribution in [3.8, 4) is 0 Å². The predicted molar refractivity (Wildman–Crippen MR) is 139 cm³/mol. The van der Waals surface area contributed by atoms with Crippen LogP contribution in [0, 0.1) is 52.3 Å². The summed E-state index contributed by atoms with van der Waals surface area (Å²) in [7, 11) is 4.69. The van der Waals surface area contributed by atoms with E-state index in [1.54, 1.807) is 14.2 Å². The Morgan fingerprint density at radius 2 is 1.51 bits per heavy atom. The molecule has 0 aromatic heterocycles. The lowest BCUT2D eigenvalue weighted by atomic mass is 9.41. The number of methoxy groups -OCH3 is 3. The van der Waals surface area contributed by atoms with E-state index < -0.39 is 5.97 Å². The first-order valence-electron chi connectivity index (χ1n) is 14.5. The molecule has 212 valence electrons. The van der Waals surface area contributed by atoms with Crippen LogP contribution in [0.15, 0.2) is 0 Å². The molecule has 4 saturated carbocycles. The van der Waals surface area contributed by atoms with Gasteiger partial charge in [-0.2, -0.15) is 0 Å². The van der Waals surface area contributed by atoms with Crippen molar-refractivity contribution in [2.24, 2.45) is 52.3 Å². The molecule has 0 unspecified atom stereocenters. The van der Waals surface area contributed by atoms with E-state index in [2.05, 4.69) is 20.8 Å². The zero-order valence-electron chi connectivity index (χ0n) is 24.1. The molecule has 0 N–H and O–H groups in total. The summed E-state index contributed by atoms with van der Waals surface area (Å²) in [6.07, 6.45) is 9.06. The third kappa shape index (κ3) is 4.92. The summed E-state index contributed by atoms with van der Waals surface area (Å²) in [5, 5.41) is 0. The molecule has 37 heavy (non-hydrogen) atoms. The molecule has 0 aromatic rings. The molecule has 0 saturated heterocycles. The molecule has 0 radical (unpaired) electrons. The molecule has 4 aliphatic carbocycles. The van der Waals surface area contributed by atoms with Gasteiger partial charge in [0.2, 0.25) is 5.78 Å². The molecule has 7 heteroatoms. The molecule has 4 fully saturated rings. The molecule has 0 bridgehead atoms. The molecule has 11 atom stereocenters. The Hall–Kier alpha value is -1.02. The fraction of sp³-hybridized carbons (Fsp3) is 0.933. The number of ether oxygens (including phenoxy) is 5. The van der Waals surface area contributed by atoms with Gasteiger partial charge in [-0.3, -0.25) is 4.79 Å². The van der Waals surface area contributed by atoms with Crippen LogP contribution in [0.25, 0.3) is 0 Å². The maximum atomic E-state index is 12.9. The summed E-state index contributed by atoms with van der Waals surface area (Å²) in [4.78, 5) is 25.0. The summed E-state index contributed by atoms with van der Waals surface area (Å²) in [5.74, 6) is 1.25. The highest BCUT2D eigenvalue weighted by Crippen LogP contribution is 2.70. The van der Waals surface area contributed by atoms with Gasteiger partial charge in [-0.05, 0) is 91.3 Å². The summed E-state index contributed by atoms with van der Waals surface area (Å²) in [6.45, 7) is 9.86. The van der Waals surface area contributed by atoms with Gasteiger partial charge in [0, 0.05) is 20.1 Å². The van der Waals surface area contributed by atoms with E-state index in [4.69, 9.17) is 23.7 Å². The van der Waals surface area contributed by atoms with Gasteiger partial charge in [-0.15, -0.1) is 0 Å². The van der Waals surface area contributed by atoms with Crippen molar-refractivity contribution >= 4 is 11.8 Å². The number of Topliss-reactive ketones (excluding diaryl/α,β-unsaturated/α-hetero) is 1. The van der Waals surface area contributed by atoms with E-state index >= 15 is 0 Å². The van der Waals surface area contributed by atoms with Crippen molar-refractivity contribution in [2.75, 3.05) is 34.9 Å². The second-order valence-electron chi connectivity index (χ2n) is 12.9. The van der Waals surface area contributed by atoms with Crippen LogP contribution in [0.4, 0.5) is 0 Å². The number of carbonyl (C=O) groups excluding carboxylic acids is 2. The average molecular weight is 523 g/mol. The predicted octanol–water partition coefficient (Wildman–Crippen LogP) is 5.25. The molecule has 4 aliphatic rings. The number of fused-ring (bicyclic) bond motifs is 5. The summed E-state index contributed by atoms with van der Waals surface area (Å²) < 4.78 is 28.2. The average Bonchev–Trinajstić information content (AvgIpc) is 3.26. The Labute approximate surface area is 223 Å². The van der Waals surface area contributed by atoms with E-state index in [0.717, 1.165) is 44.9 Å². The molecular weight excluding hydrogens is 472 g/mol. The van der Waals surface area contributed by atoms with Gasteiger partial charge >= 0.3 is 5.97 Å². The van der Waals surface area contributed by atoms with E-state index in [1.807, 2.05) is 6.92 Å². The van der Waals surface area contributed by atoms with Crippen molar-refractivity contribution in [2.45, 2.75) is 91.3 Å². The third-order valence-corrected chi connectivity index (χ3v) is 11.6. The van der Waals surface area contributed by atoms with Gasteiger partial charge in [0.15, 0.2) is 0 Å². The van der Waals surface area contributed by atoms with Crippen molar-refractivity contribution in [1.29, 1.82) is 0 Å². The quantitative estimate of drug-likeness (QED) is 0.220. The Bertz CT molecular complexity index is 816. The van der Waals surface area contributed by atoms with Crippen molar-refractivity contribution in [3.63, 3.8) is 0 Å². The molecule has 0 aliphatic heterocycles. The van der Waals surface area contributed by atoms with Crippen molar-refractivity contribution in [1.82, 2.24) is 0 Å². The first kappa shape index (κ1) is 29.0. The monoisotopic (exact) mass is 522 g/mol. The smallest absolute Gasteiger partial charge is 0.374 e. The molecule has 0 aromatic carbocycles. The van der Waals surface area contributed by atoms with Crippen molar-refractivity contribution in [3.05, 3.63) is 0 Å². The lowest BCUT2D eigenvalue weighted by Gasteiger charge is -2.65. The molecule has 0 spiro atoms. The fourth-order valence-electron chi connectivity index (χ4n) is 9.93. The Balaban J connectivity index is 1.66. The van der Waals surface area contributed by atoms with E-state index in [1.165, 1.54) is 13.5 Å². The van der Waals surface area contributed by atoms with Crippen molar-refractivity contribution < 1.29 is 33.3 Å². The maximum absolute atomic E-state index is 12.9. The van der Waals surface area contributed by atoms with Crippen LogP contribution in [0.5, 0.6) is 0 Å². The second-order valence-corrected chi connectivity index (χ2v) is 12.9. The topological polar surface area (TPSA) is 80.3 Å². The minimum absolute atomic E-state index is 0.0131. The Morgan fingerprint density at radius 1 is 0.865 bits per heavy atom. The summed E-state index contributed by atoms with van der Waals surface area (Å²) in [5.41, 5.74) is 0.261. The van der Waals surface area contributed by atoms with Gasteiger partial charge in [0.1, 0.15) is 13.6 Å². The van der Waals surface area contributed by atoms with Crippen LogP contribution in [-0.4, -0.2) is 58.9 Å². The second kappa shape index (κ2) is 11.6. The Kier molecular flexibility index (Phi) is 9.09. The zero-order chi connectivity index (χ0) is 27.0. The molecular formula is C30H50O7. The van der Waals surface area contributed by atoms with Gasteiger partial charge in [-0.25, -0.2) is 4.79 Å². The van der Waals surface area contributed by atoms with Crippen LogP contribution in [0.2, 0.25) is 0 Å². The van der Waals surface area contributed by atoms with Crippen LogP contribution in [0.1, 0.15) is 79.1 Å². The van der Waals surface area contributed by atoms with Gasteiger partial charge in [0.25, 0.3) is 0 Å². The SMILES string of the molecule is CC[C@H]1[C@@H](OCOC)[C@@H]2[C@H](CC[C@]3(C)[C@@H]([C@H](C)C(=O)C(=O)OC)CC[C@@H]23)[C@@]2(C)CC[C@@H](OCOC)C[C@@H]12. The lowest BCUT2D eigenvalue weighted by Crippen LogP contribution is -2.63. The van der Waals surface area contributed by atoms with Crippen LogP contribution in [0.3, 0.4) is 0 Å². The van der Waals surface area contributed by atoms with E-state index in [-0.39, 0.29) is 40.7 Å². The highest BCUT2D eigenvalue weighted by Gasteiger charge is 2.66. The zero-order valence-corrected chi connectivity index (χ0v) is 24.1. The largest absolute Gasteiger partial charge is 0.463 e. The number of esters is 1. The van der Waals surface area contributed by atoms with Gasteiger partial charge in [-0.1, -0.05) is 34.1 Å². The number of ketones is 1. The molecule has 4 rings (SSSR count). The van der Waals surface area contributed by atoms with Crippen LogP contribution < -0.4 is 0 Å². The minimum Gasteiger partial charge on any atom is -0.463 e. The first-order chi connectivity index (χ1) is 17.7. The number of hydrogen-bond acceptors (Lipinski definition) is 7. The minimum atomic E-state index is -0.707. The fourth-order valence-corrected chi connectivity index (χ4v) is 9.93. The Morgan fingerprint density at radius 3 is 2.16 bits per heavy atom. The first-order valence-corrected chi connectivity index (χ1v) is 14.5. The maximum Gasteiger partial charge on any atom is 0.374 e. The number of carbonyl (C=O) groups is 2. The van der Waals surface area contributed by atoms with Crippen LogP contribution >= 0.6 is 0 Å². The lowest BCUT2D eigenvalue weighted by molar-refractivity contribution is -0.239. The summed E-state index contributed by atoms with van der Waals surface area (Å²) >= 11 is 0. The highest BCUT2D eigenvalue weighted by molar-refractivity contribution is 6.34. The molecule has 7 nitrogen and oxygen atoms in total. The molecule has 0 amide bonds. The number of rotatable bonds is 10. The normalized spacial score (nSPS) is 43.9. The third-order valence-electron chi connectivity index (χ3n) is 11.6. The van der Waals surface area contributed by atoms with Gasteiger partial charge in [0.05, 0.1) is 19.3 Å².